The highest BCUT2D eigenvalue weighted by atomic mass is 35.7. The molecule has 2 N–H and O–H groups in total. The summed E-state index contributed by atoms with van der Waals surface area (Å²) in [6.45, 7) is 0.355. The van der Waals surface area contributed by atoms with E-state index in [1.165, 1.54) is 0 Å². The third kappa shape index (κ3) is 8.35. The normalized spacial score (nSPS) is 16.1. The number of nitrogens with one attached hydrogen (secondary N) is 1. The van der Waals surface area contributed by atoms with Crippen LogP contribution >= 0.6 is 17.0 Å². The van der Waals surface area contributed by atoms with Gasteiger partial charge in [-0.2, -0.15) is 5.26 Å². The third-order valence-electron chi connectivity index (χ3n) is 0.544. The number of nitriles is 1. The predicted molar refractivity (Wildman–Crippen MR) is 40.6 cm³/mol. The lowest BCUT2D eigenvalue weighted by atomic mass is 10.5. The molecule has 0 aromatic heterocycles. The second kappa shape index (κ2) is 4.21. The first-order valence-corrected chi connectivity index (χ1v) is 5.87. The summed E-state index contributed by atoms with van der Waals surface area (Å²) in [6, 6.07) is 1.88. The largest absolute Gasteiger partial charge is 0.343 e. The molecule has 0 aromatic rings. The maximum atomic E-state index is 8.72. The van der Waals surface area contributed by atoms with Crippen LogP contribution in [0, 0.1) is 11.3 Å². The van der Waals surface area contributed by atoms with E-state index in [9.17, 15) is 0 Å². The molecular weight excluding hydrogens is 179 g/mol. The van der Waals surface area contributed by atoms with E-state index in [2.05, 4.69) is 16.9 Å². The van der Waals surface area contributed by atoms with Crippen LogP contribution < -0.4 is 5.09 Å². The van der Waals surface area contributed by atoms with Crippen molar-refractivity contribution in [2.24, 2.45) is 0 Å². The van der Waals surface area contributed by atoms with Gasteiger partial charge >= 0.3 is 0 Å². The van der Waals surface area contributed by atoms with Crippen LogP contribution in [-0.4, -0.2) is 11.4 Å². The molecule has 0 bridgehead atoms. The number of hydrogen-bond acceptors (Lipinski definition) is 2. The smallest absolute Gasteiger partial charge is 0.216 e. The van der Waals surface area contributed by atoms with E-state index < -0.39 is 5.77 Å². The van der Waals surface area contributed by atoms with Gasteiger partial charge in [-0.1, -0.05) is 0 Å². The Morgan fingerprint density at radius 3 is 2.78 bits per heavy atom. The van der Waals surface area contributed by atoms with Crippen molar-refractivity contribution in [2.45, 2.75) is 6.42 Å². The van der Waals surface area contributed by atoms with Crippen LogP contribution in [0.1, 0.15) is 6.42 Å². The molecule has 0 saturated carbocycles. The van der Waals surface area contributed by atoms with E-state index in [1.807, 2.05) is 6.07 Å². The van der Waals surface area contributed by atoms with Crippen molar-refractivity contribution in [3.05, 3.63) is 0 Å². The summed E-state index contributed by atoms with van der Waals surface area (Å²) in [5, 5.41) is 10.5. The topological polar surface area (TPSA) is 56.0 Å². The Balaban J connectivity index is 3.32. The monoisotopic (exact) mass is 184 g/mol. The van der Waals surface area contributed by atoms with Crippen molar-refractivity contribution in [1.82, 2.24) is 5.09 Å². The van der Waals surface area contributed by atoms with Crippen LogP contribution in [0.25, 0.3) is 0 Å². The number of rotatable bonds is 3. The Hall–Kier alpha value is 0.350. The summed E-state index contributed by atoms with van der Waals surface area (Å²) in [6.07, 6.45) is 0.311. The summed E-state index contributed by atoms with van der Waals surface area (Å²) in [5.74, 6) is -2.79. The minimum absolute atomic E-state index is 0.311. The molecule has 9 heavy (non-hydrogen) atoms. The van der Waals surface area contributed by atoms with Crippen LogP contribution in [0.3, 0.4) is 0 Å². The lowest BCUT2D eigenvalue weighted by molar-refractivity contribution is 0.620. The van der Waals surface area contributed by atoms with Gasteiger partial charge in [0, 0.05) is 13.0 Å². The Labute approximate surface area is 63.6 Å². The average Bonchev–Trinajstić information content (AvgIpc) is 1.63. The molecule has 3 nitrogen and oxygen atoms in total. The van der Waals surface area contributed by atoms with Crippen LogP contribution in [-0.2, 0) is 11.8 Å². The lowest BCUT2D eigenvalue weighted by Gasteiger charge is -2.04. The Morgan fingerprint density at radius 1 is 1.89 bits per heavy atom. The van der Waals surface area contributed by atoms with Gasteiger partial charge in [0.05, 0.1) is 6.07 Å². The Morgan fingerprint density at radius 2 is 2.44 bits per heavy atom. The van der Waals surface area contributed by atoms with Crippen LogP contribution in [0.5, 0.6) is 0 Å². The van der Waals surface area contributed by atoms with Gasteiger partial charge in [-0.3, -0.25) is 5.09 Å². The van der Waals surface area contributed by atoms with Crippen molar-refractivity contribution in [1.29, 1.82) is 5.26 Å². The molecule has 0 aliphatic heterocycles. The van der Waals surface area contributed by atoms with Gasteiger partial charge in [0.2, 0.25) is 5.77 Å². The van der Waals surface area contributed by atoms with Gasteiger partial charge in [-0.05, 0) is 23.0 Å². The SMILES string of the molecule is N#CCCNP(O)(=S)Cl. The maximum absolute atomic E-state index is 8.72. The number of halogens is 1. The van der Waals surface area contributed by atoms with Gasteiger partial charge in [0.15, 0.2) is 0 Å². The molecule has 0 aliphatic carbocycles. The second-order valence-corrected chi connectivity index (χ2v) is 6.29. The summed E-state index contributed by atoms with van der Waals surface area (Å²) in [5.41, 5.74) is 0. The fraction of sp³-hybridized carbons (Fsp3) is 0.667. The van der Waals surface area contributed by atoms with Crippen molar-refractivity contribution in [3.63, 3.8) is 0 Å². The first kappa shape index (κ1) is 9.35. The van der Waals surface area contributed by atoms with Crippen LogP contribution in [0.4, 0.5) is 0 Å². The highest BCUT2D eigenvalue weighted by Crippen LogP contribution is 2.41. The summed E-state index contributed by atoms with van der Waals surface area (Å²) >= 11 is 9.64. The Bertz CT molecular complexity index is 162. The van der Waals surface area contributed by atoms with Crippen molar-refractivity contribution < 1.29 is 4.89 Å². The van der Waals surface area contributed by atoms with Crippen molar-refractivity contribution >= 4 is 28.8 Å². The molecule has 1 atom stereocenters. The molecule has 0 radical (unpaired) electrons. The van der Waals surface area contributed by atoms with Crippen LogP contribution in [0.15, 0.2) is 0 Å². The van der Waals surface area contributed by atoms with Gasteiger partial charge in [-0.15, -0.1) is 0 Å². The molecule has 0 amide bonds. The molecule has 0 fully saturated rings. The number of nitrogens with zero attached hydrogens (tertiary/aromatic N) is 1. The zero-order valence-electron chi connectivity index (χ0n) is 4.54. The Kier molecular flexibility index (Phi) is 4.37. The molecular formula is C3H6ClN2OPS. The third-order valence-corrected chi connectivity index (χ3v) is 1.90. The predicted octanol–water partition coefficient (Wildman–Crippen LogP) is 0.945. The van der Waals surface area contributed by atoms with Crippen molar-refractivity contribution in [2.75, 3.05) is 6.54 Å². The van der Waals surface area contributed by atoms with E-state index in [-0.39, 0.29) is 0 Å². The molecule has 0 aromatic carbocycles. The summed E-state index contributed by atoms with van der Waals surface area (Å²) in [7, 11) is 0. The fourth-order valence-corrected chi connectivity index (χ4v) is 1.16. The average molecular weight is 185 g/mol. The molecule has 0 rings (SSSR count). The molecule has 0 heterocycles. The standard InChI is InChI=1S/C3H6ClN2OPS/c4-8(7,9)6-3-1-2-5/h1,3H2,(H2,6,7,9). The highest BCUT2D eigenvalue weighted by molar-refractivity contribution is 8.23. The maximum Gasteiger partial charge on any atom is 0.216 e. The van der Waals surface area contributed by atoms with E-state index >= 15 is 0 Å². The highest BCUT2D eigenvalue weighted by Gasteiger charge is 2.03. The van der Waals surface area contributed by atoms with E-state index in [1.54, 1.807) is 0 Å². The number of hydrogen-bond donors (Lipinski definition) is 2. The molecule has 1 unspecified atom stereocenters. The molecule has 0 aliphatic rings. The lowest BCUT2D eigenvalue weighted by Crippen LogP contribution is -2.06. The van der Waals surface area contributed by atoms with Gasteiger partial charge < -0.3 is 4.89 Å². The van der Waals surface area contributed by atoms with Crippen molar-refractivity contribution in [3.8, 4) is 6.07 Å². The molecule has 52 valence electrons. The zero-order valence-corrected chi connectivity index (χ0v) is 7.01. The minimum atomic E-state index is -2.79. The second-order valence-electron chi connectivity index (χ2n) is 1.32. The molecule has 0 spiro atoms. The zero-order chi connectivity index (χ0) is 7.33. The summed E-state index contributed by atoms with van der Waals surface area (Å²) < 4.78 is 0. The molecule has 0 saturated heterocycles. The quantitative estimate of drug-likeness (QED) is 0.507. The van der Waals surface area contributed by atoms with E-state index in [0.717, 1.165) is 0 Å². The van der Waals surface area contributed by atoms with Gasteiger partial charge in [0.25, 0.3) is 0 Å². The summed E-state index contributed by atoms with van der Waals surface area (Å²) in [4.78, 5) is 8.72. The first-order chi connectivity index (χ1) is 4.06. The van der Waals surface area contributed by atoms with Crippen LogP contribution in [0.2, 0.25) is 0 Å². The minimum Gasteiger partial charge on any atom is -0.343 e. The van der Waals surface area contributed by atoms with Gasteiger partial charge in [-0.25, -0.2) is 0 Å². The van der Waals surface area contributed by atoms with E-state index in [0.29, 0.717) is 13.0 Å². The fourth-order valence-electron chi connectivity index (χ4n) is 0.250. The molecule has 6 heteroatoms. The van der Waals surface area contributed by atoms with Gasteiger partial charge in [0.1, 0.15) is 0 Å². The van der Waals surface area contributed by atoms with E-state index in [4.69, 9.17) is 21.4 Å². The first-order valence-electron chi connectivity index (χ1n) is 2.21.